The number of fused-ring (bicyclic) bond motifs is 2. The van der Waals surface area contributed by atoms with Gasteiger partial charge in [-0.2, -0.15) is 5.26 Å². The van der Waals surface area contributed by atoms with Gasteiger partial charge in [-0.05, 0) is 19.8 Å². The van der Waals surface area contributed by atoms with Crippen LogP contribution in [0.4, 0.5) is 5.82 Å². The number of hydrogen-bond acceptors (Lipinski definition) is 6. The van der Waals surface area contributed by atoms with Crippen molar-refractivity contribution in [1.29, 1.82) is 5.26 Å². The molecule has 4 rings (SSSR count). The molecule has 2 amide bonds. The number of carbonyl (C=O) groups is 2. The number of carbonyl (C=O) groups excluding carboxylic acids is 2. The lowest BCUT2D eigenvalue weighted by Crippen LogP contribution is -2.49. The number of rotatable bonds is 3. The summed E-state index contributed by atoms with van der Waals surface area (Å²) < 4.78 is 0. The van der Waals surface area contributed by atoms with Gasteiger partial charge >= 0.3 is 0 Å². The van der Waals surface area contributed by atoms with Crippen LogP contribution in [0.25, 0.3) is 0 Å². The van der Waals surface area contributed by atoms with E-state index in [0.29, 0.717) is 24.5 Å². The second-order valence-corrected chi connectivity index (χ2v) is 7.46. The van der Waals surface area contributed by atoms with Crippen molar-refractivity contribution >= 4 is 17.6 Å². The van der Waals surface area contributed by atoms with Gasteiger partial charge in [-0.1, -0.05) is 0 Å². The Morgan fingerprint density at radius 1 is 1.35 bits per heavy atom. The van der Waals surface area contributed by atoms with E-state index in [1.54, 1.807) is 24.9 Å². The topological polar surface area (TPSA) is 93.4 Å². The third-order valence-electron chi connectivity index (χ3n) is 5.75. The van der Waals surface area contributed by atoms with Crippen molar-refractivity contribution in [2.45, 2.75) is 38.3 Å². The highest BCUT2D eigenvalue weighted by Crippen LogP contribution is 2.35. The maximum atomic E-state index is 12.7. The van der Waals surface area contributed by atoms with E-state index < -0.39 is 0 Å². The molecule has 0 spiro atoms. The molecule has 4 heterocycles. The van der Waals surface area contributed by atoms with Gasteiger partial charge in [0.15, 0.2) is 0 Å². The lowest BCUT2D eigenvalue weighted by atomic mass is 10.0. The predicted octanol–water partition coefficient (Wildman–Crippen LogP) is 0.315. The quantitative estimate of drug-likeness (QED) is 0.776. The first kappa shape index (κ1) is 16.8. The summed E-state index contributed by atoms with van der Waals surface area (Å²) in [6.07, 6.45) is 2.00. The van der Waals surface area contributed by atoms with Crippen molar-refractivity contribution in [3.8, 4) is 6.07 Å². The minimum Gasteiger partial charge on any atom is -0.350 e. The first-order valence-electron chi connectivity index (χ1n) is 9.03. The summed E-state index contributed by atoms with van der Waals surface area (Å²) in [5.41, 5.74) is 0.368. The van der Waals surface area contributed by atoms with Crippen molar-refractivity contribution < 1.29 is 9.59 Å². The van der Waals surface area contributed by atoms with Gasteiger partial charge in [-0.25, -0.2) is 9.97 Å². The van der Waals surface area contributed by atoms with Gasteiger partial charge < -0.3 is 14.7 Å². The SMILES string of the molecule is Cc1nc(C#N)cc(N2C[C@@H]3C[C@H]2CN3C(=O)CC2CCN(C)C2=O)n1. The van der Waals surface area contributed by atoms with E-state index in [-0.39, 0.29) is 29.8 Å². The van der Waals surface area contributed by atoms with Crippen LogP contribution in [0, 0.1) is 24.2 Å². The van der Waals surface area contributed by atoms with Crippen molar-refractivity contribution in [2.75, 3.05) is 31.6 Å². The molecule has 1 aromatic rings. The average Bonchev–Trinajstić information content (AvgIpc) is 3.31. The number of aromatic nitrogens is 2. The molecule has 2 bridgehead atoms. The first-order chi connectivity index (χ1) is 12.5. The molecule has 3 saturated heterocycles. The predicted molar refractivity (Wildman–Crippen MR) is 93.1 cm³/mol. The van der Waals surface area contributed by atoms with Crippen LogP contribution in [0.1, 0.15) is 30.8 Å². The van der Waals surface area contributed by atoms with E-state index >= 15 is 0 Å². The summed E-state index contributed by atoms with van der Waals surface area (Å²) in [6, 6.07) is 4.16. The standard InChI is InChI=1S/C18H22N6O2/c1-11-20-13(8-19)6-16(21-11)23-9-15-7-14(23)10-24(15)17(25)5-12-3-4-22(2)18(12)26/h6,12,14-15H,3-5,7,9-10H2,1-2H3/t12?,14-,15-/m0/s1. The summed E-state index contributed by atoms with van der Waals surface area (Å²) in [4.78, 5) is 39.1. The molecule has 26 heavy (non-hydrogen) atoms. The highest BCUT2D eigenvalue weighted by atomic mass is 16.2. The van der Waals surface area contributed by atoms with E-state index in [1.165, 1.54) is 0 Å². The molecule has 1 aromatic heterocycles. The van der Waals surface area contributed by atoms with E-state index in [9.17, 15) is 9.59 Å². The van der Waals surface area contributed by atoms with E-state index in [1.807, 2.05) is 4.90 Å². The number of nitrogens with zero attached hydrogens (tertiary/aromatic N) is 6. The van der Waals surface area contributed by atoms with Crippen LogP contribution < -0.4 is 4.90 Å². The van der Waals surface area contributed by atoms with Crippen molar-refractivity contribution in [2.24, 2.45) is 5.92 Å². The number of anilines is 1. The van der Waals surface area contributed by atoms with Crippen LogP contribution in [0.5, 0.6) is 0 Å². The molecule has 3 atom stereocenters. The molecule has 1 unspecified atom stereocenters. The number of hydrogen-bond donors (Lipinski definition) is 0. The number of likely N-dealkylation sites (tertiary alicyclic amines) is 2. The molecular formula is C18H22N6O2. The molecule has 8 heteroatoms. The van der Waals surface area contributed by atoms with Crippen LogP contribution in [0.3, 0.4) is 0 Å². The normalized spacial score (nSPS) is 27.3. The molecule has 136 valence electrons. The average molecular weight is 354 g/mol. The molecule has 0 aromatic carbocycles. The fraction of sp³-hybridized carbons (Fsp3) is 0.611. The second-order valence-electron chi connectivity index (χ2n) is 7.46. The molecule has 3 aliphatic rings. The Hall–Kier alpha value is -2.69. The zero-order chi connectivity index (χ0) is 18.4. The van der Waals surface area contributed by atoms with Crippen LogP contribution in [0.2, 0.25) is 0 Å². The summed E-state index contributed by atoms with van der Waals surface area (Å²) >= 11 is 0. The number of amides is 2. The van der Waals surface area contributed by atoms with Gasteiger partial charge in [0.1, 0.15) is 23.4 Å². The maximum Gasteiger partial charge on any atom is 0.226 e. The Kier molecular flexibility index (Phi) is 4.02. The molecule has 0 aliphatic carbocycles. The summed E-state index contributed by atoms with van der Waals surface area (Å²) in [6.45, 7) is 3.90. The fourth-order valence-electron chi connectivity index (χ4n) is 4.42. The minimum atomic E-state index is -0.162. The Morgan fingerprint density at radius 3 is 2.77 bits per heavy atom. The lowest BCUT2D eigenvalue weighted by molar-refractivity contribution is -0.138. The summed E-state index contributed by atoms with van der Waals surface area (Å²) in [7, 11) is 1.79. The zero-order valence-corrected chi connectivity index (χ0v) is 15.1. The van der Waals surface area contributed by atoms with Gasteiger partial charge in [-0.15, -0.1) is 0 Å². The van der Waals surface area contributed by atoms with Crippen molar-refractivity contribution in [3.05, 3.63) is 17.6 Å². The monoisotopic (exact) mass is 354 g/mol. The third-order valence-corrected chi connectivity index (χ3v) is 5.75. The largest absolute Gasteiger partial charge is 0.350 e. The Labute approximate surface area is 152 Å². The fourth-order valence-corrected chi connectivity index (χ4v) is 4.42. The molecule has 8 nitrogen and oxygen atoms in total. The number of piperazine rings is 1. The van der Waals surface area contributed by atoms with Crippen molar-refractivity contribution in [1.82, 2.24) is 19.8 Å². The van der Waals surface area contributed by atoms with Crippen molar-refractivity contribution in [3.63, 3.8) is 0 Å². The van der Waals surface area contributed by atoms with Crippen LogP contribution in [-0.2, 0) is 9.59 Å². The Bertz CT molecular complexity index is 803. The molecule has 0 N–H and O–H groups in total. The van der Waals surface area contributed by atoms with Gasteiger partial charge in [0.25, 0.3) is 0 Å². The minimum absolute atomic E-state index is 0.0855. The van der Waals surface area contributed by atoms with Gasteiger partial charge in [-0.3, -0.25) is 9.59 Å². The first-order valence-corrected chi connectivity index (χ1v) is 9.03. The van der Waals surface area contributed by atoms with Crippen LogP contribution in [-0.4, -0.2) is 70.3 Å². The molecule has 0 radical (unpaired) electrons. The smallest absolute Gasteiger partial charge is 0.226 e. The zero-order valence-electron chi connectivity index (χ0n) is 15.1. The third kappa shape index (κ3) is 2.77. The maximum absolute atomic E-state index is 12.7. The van der Waals surface area contributed by atoms with E-state index in [0.717, 1.165) is 31.7 Å². The van der Waals surface area contributed by atoms with Gasteiger partial charge in [0.05, 0.1) is 12.1 Å². The van der Waals surface area contributed by atoms with Crippen LogP contribution in [0.15, 0.2) is 6.07 Å². The summed E-state index contributed by atoms with van der Waals surface area (Å²) in [5.74, 6) is 1.36. The molecule has 3 fully saturated rings. The summed E-state index contributed by atoms with van der Waals surface area (Å²) in [5, 5.41) is 9.11. The molecular weight excluding hydrogens is 332 g/mol. The Balaban J connectivity index is 1.42. The highest BCUT2D eigenvalue weighted by Gasteiger charge is 2.46. The lowest BCUT2D eigenvalue weighted by Gasteiger charge is -2.35. The van der Waals surface area contributed by atoms with E-state index in [2.05, 4.69) is 20.9 Å². The number of aryl methyl sites for hydroxylation is 1. The number of nitriles is 1. The van der Waals surface area contributed by atoms with Crippen LogP contribution >= 0.6 is 0 Å². The molecule has 3 aliphatic heterocycles. The Morgan fingerprint density at radius 2 is 2.15 bits per heavy atom. The highest BCUT2D eigenvalue weighted by molar-refractivity contribution is 5.87. The molecule has 0 saturated carbocycles. The second kappa shape index (κ2) is 6.24. The van der Waals surface area contributed by atoms with Gasteiger partial charge in [0.2, 0.25) is 11.8 Å². The van der Waals surface area contributed by atoms with Gasteiger partial charge in [0, 0.05) is 45.1 Å². The van der Waals surface area contributed by atoms with E-state index in [4.69, 9.17) is 5.26 Å².